The first-order valence-corrected chi connectivity index (χ1v) is 5.80. The van der Waals surface area contributed by atoms with Crippen LogP contribution in [0.1, 0.15) is 30.1 Å². The lowest BCUT2D eigenvalue weighted by Crippen LogP contribution is -2.29. The van der Waals surface area contributed by atoms with Crippen molar-refractivity contribution in [3.63, 3.8) is 0 Å². The van der Waals surface area contributed by atoms with Crippen molar-refractivity contribution in [1.29, 1.82) is 0 Å². The van der Waals surface area contributed by atoms with Crippen LogP contribution < -0.4 is 16.5 Å². The molecule has 0 spiro atoms. The first-order valence-electron chi connectivity index (χ1n) is 5.80. The van der Waals surface area contributed by atoms with Crippen molar-refractivity contribution >= 4 is 5.91 Å². The molecule has 0 saturated heterocycles. The standard InChI is InChI=1S/C12H19N3O2/c1-9(7-13)3-2-5-15-12(17)10-8-14-6-4-11(10)16/h4,6,8-9H,2-3,5,7,13H2,1H3,(H,14,16)(H,15,17). The van der Waals surface area contributed by atoms with Gasteiger partial charge in [0.05, 0.1) is 0 Å². The maximum atomic E-state index is 11.6. The fraction of sp³-hybridized carbons (Fsp3) is 0.500. The van der Waals surface area contributed by atoms with E-state index in [4.69, 9.17) is 5.73 Å². The van der Waals surface area contributed by atoms with Crippen LogP contribution in [0.5, 0.6) is 0 Å². The maximum absolute atomic E-state index is 11.6. The van der Waals surface area contributed by atoms with Crippen LogP contribution in [0, 0.1) is 5.92 Å². The second-order valence-electron chi connectivity index (χ2n) is 4.16. The molecule has 1 aromatic rings. The van der Waals surface area contributed by atoms with E-state index in [1.165, 1.54) is 18.5 Å². The zero-order chi connectivity index (χ0) is 12.7. The summed E-state index contributed by atoms with van der Waals surface area (Å²) in [5.41, 5.74) is 5.38. The molecule has 1 aromatic heterocycles. The molecule has 4 N–H and O–H groups in total. The number of carbonyl (C=O) groups excluding carboxylic acids is 1. The molecule has 0 aliphatic carbocycles. The summed E-state index contributed by atoms with van der Waals surface area (Å²) in [6.07, 6.45) is 4.76. The molecule has 5 heteroatoms. The number of aromatic nitrogens is 1. The number of nitrogens with two attached hydrogens (primary N) is 1. The van der Waals surface area contributed by atoms with Gasteiger partial charge in [0.2, 0.25) is 0 Å². The molecule has 1 heterocycles. The summed E-state index contributed by atoms with van der Waals surface area (Å²) in [6.45, 7) is 3.30. The Morgan fingerprint density at radius 3 is 3.00 bits per heavy atom. The van der Waals surface area contributed by atoms with Gasteiger partial charge >= 0.3 is 0 Å². The number of H-pyrrole nitrogens is 1. The Bertz CT molecular complexity index is 414. The second kappa shape index (κ2) is 6.85. The van der Waals surface area contributed by atoms with Crippen molar-refractivity contribution in [2.75, 3.05) is 13.1 Å². The fourth-order valence-corrected chi connectivity index (χ4v) is 1.46. The molecule has 94 valence electrons. The van der Waals surface area contributed by atoms with Gasteiger partial charge in [-0.05, 0) is 25.3 Å². The van der Waals surface area contributed by atoms with E-state index in [9.17, 15) is 9.59 Å². The first kappa shape index (κ1) is 13.4. The van der Waals surface area contributed by atoms with Gasteiger partial charge in [-0.2, -0.15) is 0 Å². The molecule has 0 aliphatic heterocycles. The molecule has 1 unspecified atom stereocenters. The molecule has 5 nitrogen and oxygen atoms in total. The minimum Gasteiger partial charge on any atom is -0.367 e. The number of hydrogen-bond acceptors (Lipinski definition) is 3. The summed E-state index contributed by atoms with van der Waals surface area (Å²) in [4.78, 5) is 25.7. The molecule has 0 saturated carbocycles. The molecule has 17 heavy (non-hydrogen) atoms. The lowest BCUT2D eigenvalue weighted by Gasteiger charge is -2.08. The van der Waals surface area contributed by atoms with Gasteiger partial charge in [-0.3, -0.25) is 9.59 Å². The third-order valence-electron chi connectivity index (χ3n) is 2.63. The zero-order valence-electron chi connectivity index (χ0n) is 10.0. The number of carbonyl (C=O) groups is 1. The summed E-state index contributed by atoms with van der Waals surface area (Å²) in [5.74, 6) is 0.138. The van der Waals surface area contributed by atoms with Gasteiger partial charge in [-0.1, -0.05) is 6.92 Å². The number of aromatic amines is 1. The number of pyridine rings is 1. The van der Waals surface area contributed by atoms with E-state index < -0.39 is 0 Å². The first-order chi connectivity index (χ1) is 8.15. The van der Waals surface area contributed by atoms with Gasteiger partial charge in [0, 0.05) is 25.0 Å². The lowest BCUT2D eigenvalue weighted by atomic mass is 10.1. The van der Waals surface area contributed by atoms with Crippen molar-refractivity contribution in [3.05, 3.63) is 34.2 Å². The highest BCUT2D eigenvalue weighted by Gasteiger charge is 2.08. The third-order valence-corrected chi connectivity index (χ3v) is 2.63. The SMILES string of the molecule is CC(CN)CCCNC(=O)c1c[nH]ccc1=O. The molecule has 0 bridgehead atoms. The average molecular weight is 237 g/mol. The predicted molar refractivity (Wildman–Crippen MR) is 66.8 cm³/mol. The van der Waals surface area contributed by atoms with Crippen LogP contribution in [-0.4, -0.2) is 24.0 Å². The van der Waals surface area contributed by atoms with Gasteiger partial charge in [-0.15, -0.1) is 0 Å². The van der Waals surface area contributed by atoms with E-state index in [0.717, 1.165) is 12.8 Å². The minimum atomic E-state index is -0.327. The van der Waals surface area contributed by atoms with Crippen LogP contribution in [0.25, 0.3) is 0 Å². The molecule has 0 aromatic carbocycles. The highest BCUT2D eigenvalue weighted by atomic mass is 16.2. The Hall–Kier alpha value is -1.62. The Morgan fingerprint density at radius 1 is 1.59 bits per heavy atom. The summed E-state index contributed by atoms with van der Waals surface area (Å²) in [6, 6.07) is 1.34. The van der Waals surface area contributed by atoms with Crippen LogP contribution in [-0.2, 0) is 0 Å². The predicted octanol–water partition coefficient (Wildman–Crippen LogP) is 0.480. The molecule has 0 aliphatic rings. The maximum Gasteiger partial charge on any atom is 0.256 e. The summed E-state index contributed by atoms with van der Waals surface area (Å²) < 4.78 is 0. The highest BCUT2D eigenvalue weighted by molar-refractivity contribution is 5.93. The lowest BCUT2D eigenvalue weighted by molar-refractivity contribution is 0.0951. The molecule has 1 atom stereocenters. The van der Waals surface area contributed by atoms with Gasteiger partial charge in [0.1, 0.15) is 5.56 Å². The summed E-state index contributed by atoms with van der Waals surface area (Å²) in [5, 5.41) is 2.72. The van der Waals surface area contributed by atoms with E-state index >= 15 is 0 Å². The monoisotopic (exact) mass is 237 g/mol. The zero-order valence-corrected chi connectivity index (χ0v) is 10.0. The van der Waals surface area contributed by atoms with Gasteiger partial charge in [0.25, 0.3) is 5.91 Å². The number of nitrogens with one attached hydrogen (secondary N) is 2. The Balaban J connectivity index is 2.36. The van der Waals surface area contributed by atoms with Gasteiger partial charge < -0.3 is 16.0 Å². The Kier molecular flexibility index (Phi) is 5.42. The molecule has 0 radical (unpaired) electrons. The molecule has 1 amide bonds. The van der Waals surface area contributed by atoms with Gasteiger partial charge in [-0.25, -0.2) is 0 Å². The van der Waals surface area contributed by atoms with E-state index in [0.29, 0.717) is 19.0 Å². The van der Waals surface area contributed by atoms with Crippen molar-refractivity contribution in [3.8, 4) is 0 Å². The number of amides is 1. The Morgan fingerprint density at radius 2 is 2.35 bits per heavy atom. The van der Waals surface area contributed by atoms with E-state index in [-0.39, 0.29) is 16.9 Å². The molecular weight excluding hydrogens is 218 g/mol. The largest absolute Gasteiger partial charge is 0.367 e. The highest BCUT2D eigenvalue weighted by Crippen LogP contribution is 2.01. The van der Waals surface area contributed by atoms with Crippen LogP contribution >= 0.6 is 0 Å². The van der Waals surface area contributed by atoms with E-state index in [1.54, 1.807) is 0 Å². The Labute approximate surface area is 100 Å². The van der Waals surface area contributed by atoms with Crippen LogP contribution in [0.15, 0.2) is 23.3 Å². The summed E-state index contributed by atoms with van der Waals surface area (Å²) >= 11 is 0. The molecule has 0 fully saturated rings. The second-order valence-corrected chi connectivity index (χ2v) is 4.16. The topological polar surface area (TPSA) is 88.0 Å². The van der Waals surface area contributed by atoms with Crippen LogP contribution in [0.2, 0.25) is 0 Å². The molecule has 1 rings (SSSR count). The van der Waals surface area contributed by atoms with E-state index in [1.807, 2.05) is 0 Å². The average Bonchev–Trinajstić information content (AvgIpc) is 2.34. The van der Waals surface area contributed by atoms with Crippen LogP contribution in [0.3, 0.4) is 0 Å². The quantitative estimate of drug-likeness (QED) is 0.629. The normalized spacial score (nSPS) is 12.1. The van der Waals surface area contributed by atoms with Crippen molar-refractivity contribution in [2.24, 2.45) is 11.7 Å². The smallest absolute Gasteiger partial charge is 0.256 e. The molecular formula is C12H19N3O2. The third kappa shape index (κ3) is 4.40. The number of rotatable bonds is 6. The van der Waals surface area contributed by atoms with Gasteiger partial charge in [0.15, 0.2) is 5.43 Å². The summed E-state index contributed by atoms with van der Waals surface area (Å²) in [7, 11) is 0. The van der Waals surface area contributed by atoms with Crippen molar-refractivity contribution in [2.45, 2.75) is 19.8 Å². The van der Waals surface area contributed by atoms with E-state index in [2.05, 4.69) is 17.2 Å². The number of hydrogen-bond donors (Lipinski definition) is 3. The fourth-order valence-electron chi connectivity index (χ4n) is 1.46. The van der Waals surface area contributed by atoms with Crippen molar-refractivity contribution in [1.82, 2.24) is 10.3 Å². The van der Waals surface area contributed by atoms with Crippen LogP contribution in [0.4, 0.5) is 0 Å². The van der Waals surface area contributed by atoms with Crippen molar-refractivity contribution < 1.29 is 4.79 Å². The minimum absolute atomic E-state index is 0.152.